The van der Waals surface area contributed by atoms with Gasteiger partial charge in [0, 0.05) is 24.7 Å². The Balaban J connectivity index is 2.73. The average Bonchev–Trinajstić information content (AvgIpc) is 2.20. The summed E-state index contributed by atoms with van der Waals surface area (Å²) in [6.07, 6.45) is 0. The van der Waals surface area contributed by atoms with E-state index in [2.05, 4.69) is 0 Å². The van der Waals surface area contributed by atoms with E-state index in [0.29, 0.717) is 12.1 Å². The molecule has 1 atom stereocenters. The summed E-state index contributed by atoms with van der Waals surface area (Å²) in [6, 6.07) is 5.25. The minimum Gasteiger partial charge on any atom is -0.494 e. The number of hydrogen-bond acceptors (Lipinski definition) is 3. The highest BCUT2D eigenvalue weighted by molar-refractivity contribution is 5.30. The van der Waals surface area contributed by atoms with Gasteiger partial charge in [-0.15, -0.1) is 0 Å². The molecule has 0 heterocycles. The topological polar surface area (TPSA) is 38.5 Å². The number of halogens is 1. The SMILES string of the molecule is COc1cccc(CN(C)CC(C)N)c1F. The molecule has 90 valence electrons. The fourth-order valence-electron chi connectivity index (χ4n) is 1.68. The smallest absolute Gasteiger partial charge is 0.169 e. The van der Waals surface area contributed by atoms with E-state index in [0.717, 1.165) is 6.54 Å². The molecule has 0 aromatic heterocycles. The first-order valence-corrected chi connectivity index (χ1v) is 5.30. The minimum absolute atomic E-state index is 0.0821. The highest BCUT2D eigenvalue weighted by Gasteiger charge is 2.10. The number of nitrogens with two attached hydrogens (primary N) is 1. The van der Waals surface area contributed by atoms with Crippen molar-refractivity contribution >= 4 is 0 Å². The van der Waals surface area contributed by atoms with Crippen molar-refractivity contribution in [2.45, 2.75) is 19.5 Å². The Kier molecular flexibility index (Phi) is 4.71. The second-order valence-corrected chi connectivity index (χ2v) is 4.11. The summed E-state index contributed by atoms with van der Waals surface area (Å²) in [4.78, 5) is 1.99. The number of ether oxygens (including phenoxy) is 1. The average molecular weight is 226 g/mol. The van der Waals surface area contributed by atoms with E-state index in [-0.39, 0.29) is 17.6 Å². The molecule has 0 spiro atoms. The highest BCUT2D eigenvalue weighted by atomic mass is 19.1. The summed E-state index contributed by atoms with van der Waals surface area (Å²) in [7, 11) is 3.39. The van der Waals surface area contributed by atoms with Crippen LogP contribution in [-0.4, -0.2) is 31.6 Å². The van der Waals surface area contributed by atoms with Crippen LogP contribution in [0.2, 0.25) is 0 Å². The van der Waals surface area contributed by atoms with Crippen molar-refractivity contribution in [3.05, 3.63) is 29.6 Å². The molecular weight excluding hydrogens is 207 g/mol. The molecule has 3 nitrogen and oxygen atoms in total. The summed E-state index contributed by atoms with van der Waals surface area (Å²) < 4.78 is 18.7. The van der Waals surface area contributed by atoms with Crippen LogP contribution < -0.4 is 10.5 Å². The lowest BCUT2D eigenvalue weighted by atomic mass is 10.2. The second kappa shape index (κ2) is 5.82. The van der Waals surface area contributed by atoms with Crippen LogP contribution in [0.25, 0.3) is 0 Å². The van der Waals surface area contributed by atoms with Crippen LogP contribution in [0.5, 0.6) is 5.75 Å². The summed E-state index contributed by atoms with van der Waals surface area (Å²) >= 11 is 0. The van der Waals surface area contributed by atoms with Crippen LogP contribution in [0.3, 0.4) is 0 Å². The predicted octanol–water partition coefficient (Wildman–Crippen LogP) is 1.61. The Morgan fingerprint density at radius 2 is 2.19 bits per heavy atom. The van der Waals surface area contributed by atoms with Crippen molar-refractivity contribution in [2.75, 3.05) is 20.7 Å². The molecule has 1 unspecified atom stereocenters. The Morgan fingerprint density at radius 1 is 1.50 bits per heavy atom. The number of rotatable bonds is 5. The standard InChI is InChI=1S/C12H19FN2O/c1-9(14)7-15(2)8-10-5-4-6-11(16-3)12(10)13/h4-6,9H,7-8,14H2,1-3H3. The van der Waals surface area contributed by atoms with Gasteiger partial charge in [0.2, 0.25) is 0 Å². The molecule has 16 heavy (non-hydrogen) atoms. The minimum atomic E-state index is -0.290. The first-order chi connectivity index (χ1) is 7.54. The monoisotopic (exact) mass is 226 g/mol. The zero-order valence-electron chi connectivity index (χ0n) is 10.0. The Bertz CT molecular complexity index is 342. The van der Waals surface area contributed by atoms with Gasteiger partial charge in [0.1, 0.15) is 0 Å². The molecule has 0 aliphatic heterocycles. The first kappa shape index (κ1) is 12.9. The lowest BCUT2D eigenvalue weighted by molar-refractivity contribution is 0.302. The summed E-state index contributed by atoms with van der Waals surface area (Å²) in [5.74, 6) is -0.00628. The molecule has 1 rings (SSSR count). The maximum Gasteiger partial charge on any atom is 0.169 e. The molecule has 1 aromatic carbocycles. The van der Waals surface area contributed by atoms with Crippen molar-refractivity contribution in [2.24, 2.45) is 5.73 Å². The number of nitrogens with zero attached hydrogens (tertiary/aromatic N) is 1. The van der Waals surface area contributed by atoms with Gasteiger partial charge in [0.05, 0.1) is 7.11 Å². The highest BCUT2D eigenvalue weighted by Crippen LogP contribution is 2.20. The second-order valence-electron chi connectivity index (χ2n) is 4.11. The first-order valence-electron chi connectivity index (χ1n) is 5.30. The van der Waals surface area contributed by atoms with E-state index >= 15 is 0 Å². The van der Waals surface area contributed by atoms with Crippen molar-refractivity contribution in [3.63, 3.8) is 0 Å². The number of likely N-dealkylation sites (N-methyl/N-ethyl adjacent to an activating group) is 1. The van der Waals surface area contributed by atoms with Crippen molar-refractivity contribution in [3.8, 4) is 5.75 Å². The van der Waals surface area contributed by atoms with Gasteiger partial charge >= 0.3 is 0 Å². The van der Waals surface area contributed by atoms with Crippen LogP contribution >= 0.6 is 0 Å². The molecule has 2 N–H and O–H groups in total. The third-order valence-electron chi connectivity index (χ3n) is 2.30. The van der Waals surface area contributed by atoms with Crippen LogP contribution in [0.4, 0.5) is 4.39 Å². The molecule has 0 saturated carbocycles. The maximum atomic E-state index is 13.8. The lowest BCUT2D eigenvalue weighted by Crippen LogP contribution is -2.32. The summed E-state index contributed by atoms with van der Waals surface area (Å²) in [5.41, 5.74) is 6.31. The molecular formula is C12H19FN2O. The third kappa shape index (κ3) is 3.47. The van der Waals surface area contributed by atoms with Gasteiger partial charge in [-0.3, -0.25) is 0 Å². The predicted molar refractivity (Wildman–Crippen MR) is 62.9 cm³/mol. The van der Waals surface area contributed by atoms with E-state index in [1.165, 1.54) is 7.11 Å². The molecule has 0 fully saturated rings. The van der Waals surface area contributed by atoms with E-state index in [9.17, 15) is 4.39 Å². The van der Waals surface area contributed by atoms with Gasteiger partial charge in [-0.25, -0.2) is 4.39 Å². The molecule has 0 bridgehead atoms. The maximum absolute atomic E-state index is 13.8. The molecule has 0 amide bonds. The zero-order chi connectivity index (χ0) is 12.1. The van der Waals surface area contributed by atoms with E-state index < -0.39 is 0 Å². The van der Waals surface area contributed by atoms with Gasteiger partial charge in [-0.2, -0.15) is 0 Å². The quantitative estimate of drug-likeness (QED) is 0.829. The molecule has 0 aliphatic rings. The van der Waals surface area contributed by atoms with Crippen molar-refractivity contribution < 1.29 is 9.13 Å². The Hall–Kier alpha value is -1.13. The molecule has 0 saturated heterocycles. The summed E-state index contributed by atoms with van der Waals surface area (Å²) in [5, 5.41) is 0. The molecule has 0 aliphatic carbocycles. The van der Waals surface area contributed by atoms with E-state index in [4.69, 9.17) is 10.5 Å². The largest absolute Gasteiger partial charge is 0.494 e. The fraction of sp³-hybridized carbons (Fsp3) is 0.500. The number of methoxy groups -OCH3 is 1. The number of benzene rings is 1. The van der Waals surface area contributed by atoms with Crippen LogP contribution in [0, 0.1) is 5.82 Å². The molecule has 0 radical (unpaired) electrons. The van der Waals surface area contributed by atoms with Gasteiger partial charge in [0.25, 0.3) is 0 Å². The van der Waals surface area contributed by atoms with Gasteiger partial charge in [-0.05, 0) is 20.0 Å². The van der Waals surface area contributed by atoms with E-state index in [1.54, 1.807) is 18.2 Å². The van der Waals surface area contributed by atoms with Gasteiger partial charge in [-0.1, -0.05) is 12.1 Å². The Labute approximate surface area is 96.0 Å². The van der Waals surface area contributed by atoms with Crippen molar-refractivity contribution in [1.29, 1.82) is 0 Å². The van der Waals surface area contributed by atoms with Crippen LogP contribution in [0.1, 0.15) is 12.5 Å². The van der Waals surface area contributed by atoms with Gasteiger partial charge < -0.3 is 15.4 Å². The third-order valence-corrected chi connectivity index (χ3v) is 2.30. The van der Waals surface area contributed by atoms with Gasteiger partial charge in [0.15, 0.2) is 11.6 Å². The molecule has 1 aromatic rings. The van der Waals surface area contributed by atoms with Crippen LogP contribution in [0.15, 0.2) is 18.2 Å². The van der Waals surface area contributed by atoms with Crippen LogP contribution in [-0.2, 0) is 6.54 Å². The lowest BCUT2D eigenvalue weighted by Gasteiger charge is -2.19. The number of hydrogen-bond donors (Lipinski definition) is 1. The van der Waals surface area contributed by atoms with Crippen molar-refractivity contribution in [1.82, 2.24) is 4.90 Å². The summed E-state index contributed by atoms with van der Waals surface area (Å²) in [6.45, 7) is 3.19. The zero-order valence-corrected chi connectivity index (χ0v) is 10.0. The fourth-order valence-corrected chi connectivity index (χ4v) is 1.68. The van der Waals surface area contributed by atoms with E-state index in [1.807, 2.05) is 18.9 Å². The molecule has 4 heteroatoms. The normalized spacial score (nSPS) is 12.9. The Morgan fingerprint density at radius 3 is 2.75 bits per heavy atom.